The molecule has 0 bridgehead atoms. The molecule has 0 spiro atoms. The average molecular weight is 450 g/mol. The van der Waals surface area contributed by atoms with Crippen molar-refractivity contribution in [1.82, 2.24) is 9.47 Å². The lowest BCUT2D eigenvalue weighted by Crippen LogP contribution is -2.32. The Balaban J connectivity index is 1.93. The van der Waals surface area contributed by atoms with Crippen LogP contribution < -0.4 is 5.32 Å². The van der Waals surface area contributed by atoms with E-state index in [1.807, 2.05) is 41.3 Å². The van der Waals surface area contributed by atoms with E-state index in [1.165, 1.54) is 19.1 Å². The van der Waals surface area contributed by atoms with Crippen molar-refractivity contribution in [2.24, 2.45) is 0 Å². The molecule has 33 heavy (non-hydrogen) atoms. The first-order valence-electron chi connectivity index (χ1n) is 11.5. The highest BCUT2D eigenvalue weighted by molar-refractivity contribution is 5.88. The van der Waals surface area contributed by atoms with Gasteiger partial charge in [0.05, 0.1) is 5.69 Å². The number of amides is 2. The number of nitrogens with zero attached hydrogens (tertiary/aromatic N) is 2. The third-order valence-electron chi connectivity index (χ3n) is 5.48. The molecule has 0 aliphatic carbocycles. The van der Waals surface area contributed by atoms with Crippen LogP contribution in [0.1, 0.15) is 45.7 Å². The van der Waals surface area contributed by atoms with Crippen LogP contribution in [0.15, 0.2) is 60.7 Å². The summed E-state index contributed by atoms with van der Waals surface area (Å²) in [5.41, 5.74) is 4.44. The molecule has 174 valence electrons. The molecule has 0 atom stereocenters. The van der Waals surface area contributed by atoms with Gasteiger partial charge in [0.1, 0.15) is 5.82 Å². The molecule has 2 aromatic carbocycles. The Morgan fingerprint density at radius 2 is 1.55 bits per heavy atom. The highest BCUT2D eigenvalue weighted by atomic mass is 19.1. The number of carbonyl (C=O) groups is 2. The first-order valence-corrected chi connectivity index (χ1v) is 11.5. The molecule has 0 fully saturated rings. The molecule has 1 N–H and O–H groups in total. The molecular formula is C27H32FN3O2. The van der Waals surface area contributed by atoms with Crippen molar-refractivity contribution in [2.75, 3.05) is 18.4 Å². The summed E-state index contributed by atoms with van der Waals surface area (Å²) in [6.07, 6.45) is 2.91. The highest BCUT2D eigenvalue weighted by Crippen LogP contribution is 2.28. The number of aryl methyl sites for hydroxylation is 1. The van der Waals surface area contributed by atoms with E-state index in [9.17, 15) is 14.0 Å². The van der Waals surface area contributed by atoms with Crippen molar-refractivity contribution in [2.45, 2.75) is 46.5 Å². The number of carbonyl (C=O) groups excluding carboxylic acids is 2. The fourth-order valence-electron chi connectivity index (χ4n) is 4.02. The minimum Gasteiger partial charge on any atom is -0.343 e. The number of aromatic nitrogens is 1. The predicted octanol–water partition coefficient (Wildman–Crippen LogP) is 5.82. The second-order valence-electron chi connectivity index (χ2n) is 8.16. The molecule has 6 heteroatoms. The summed E-state index contributed by atoms with van der Waals surface area (Å²) in [5, 5.41) is 2.78. The van der Waals surface area contributed by atoms with Gasteiger partial charge < -0.3 is 14.8 Å². The number of nitrogens with one attached hydrogen (secondary N) is 1. The van der Waals surface area contributed by atoms with Crippen LogP contribution in [-0.4, -0.2) is 34.4 Å². The van der Waals surface area contributed by atoms with E-state index in [0.717, 1.165) is 48.6 Å². The molecule has 0 radical (unpaired) electrons. The van der Waals surface area contributed by atoms with Crippen molar-refractivity contribution >= 4 is 17.5 Å². The van der Waals surface area contributed by atoms with Gasteiger partial charge in [0.2, 0.25) is 11.8 Å². The lowest BCUT2D eigenvalue weighted by molar-refractivity contribution is -0.131. The van der Waals surface area contributed by atoms with E-state index in [-0.39, 0.29) is 17.6 Å². The minimum absolute atomic E-state index is 0.126. The van der Waals surface area contributed by atoms with Crippen molar-refractivity contribution in [1.29, 1.82) is 0 Å². The Bertz CT molecular complexity index is 1070. The largest absolute Gasteiger partial charge is 0.343 e. The molecule has 0 aliphatic rings. The second-order valence-corrected chi connectivity index (χ2v) is 8.16. The Kier molecular flexibility index (Phi) is 8.41. The second kappa shape index (κ2) is 11.5. The van der Waals surface area contributed by atoms with Crippen LogP contribution in [0.5, 0.6) is 0 Å². The Morgan fingerprint density at radius 3 is 2.12 bits per heavy atom. The van der Waals surface area contributed by atoms with Crippen LogP contribution in [0.2, 0.25) is 0 Å². The molecule has 0 aliphatic heterocycles. The molecule has 3 rings (SSSR count). The Labute approximate surface area is 195 Å². The zero-order valence-corrected chi connectivity index (χ0v) is 19.6. The van der Waals surface area contributed by atoms with Crippen LogP contribution >= 0.6 is 0 Å². The molecular weight excluding hydrogens is 417 g/mol. The number of hydrogen-bond acceptors (Lipinski definition) is 2. The molecule has 0 saturated carbocycles. The lowest BCUT2D eigenvalue weighted by atomic mass is 10.1. The fourth-order valence-corrected chi connectivity index (χ4v) is 4.02. The van der Waals surface area contributed by atoms with Crippen LogP contribution in [-0.2, 0) is 16.0 Å². The van der Waals surface area contributed by atoms with Gasteiger partial charge in [0.15, 0.2) is 0 Å². The molecule has 2 amide bonds. The third kappa shape index (κ3) is 6.31. The molecule has 0 unspecified atom stereocenters. The zero-order chi connectivity index (χ0) is 23.8. The van der Waals surface area contributed by atoms with E-state index in [0.29, 0.717) is 18.5 Å². The van der Waals surface area contributed by atoms with Crippen LogP contribution in [0.4, 0.5) is 10.1 Å². The Hall–Kier alpha value is -3.41. The summed E-state index contributed by atoms with van der Waals surface area (Å²) in [6.45, 7) is 7.20. The van der Waals surface area contributed by atoms with Gasteiger partial charge >= 0.3 is 0 Å². The normalized spacial score (nSPS) is 10.8. The van der Waals surface area contributed by atoms with Gasteiger partial charge in [0, 0.05) is 43.5 Å². The van der Waals surface area contributed by atoms with Gasteiger partial charge in [0.25, 0.3) is 0 Å². The highest BCUT2D eigenvalue weighted by Gasteiger charge is 2.16. The smallest absolute Gasteiger partial charge is 0.222 e. The molecule has 1 heterocycles. The summed E-state index contributed by atoms with van der Waals surface area (Å²) in [5.74, 6) is -0.247. The molecule has 1 aromatic heterocycles. The fraction of sp³-hybridized carbons (Fsp3) is 0.333. The van der Waals surface area contributed by atoms with Crippen molar-refractivity contribution in [3.63, 3.8) is 0 Å². The number of benzene rings is 2. The zero-order valence-electron chi connectivity index (χ0n) is 19.6. The SMILES string of the molecule is CCCN(CCC)C(=O)CCc1ccc(-c2ccc(F)cc2)n1-c1ccc(NC(C)=O)cc1. The van der Waals surface area contributed by atoms with E-state index in [4.69, 9.17) is 0 Å². The van der Waals surface area contributed by atoms with Gasteiger partial charge in [-0.25, -0.2) is 4.39 Å². The first kappa shape index (κ1) is 24.2. The van der Waals surface area contributed by atoms with Crippen LogP contribution in [0, 0.1) is 5.82 Å². The van der Waals surface area contributed by atoms with Gasteiger partial charge in [-0.3, -0.25) is 9.59 Å². The summed E-state index contributed by atoms with van der Waals surface area (Å²) >= 11 is 0. The van der Waals surface area contributed by atoms with Crippen molar-refractivity contribution < 1.29 is 14.0 Å². The molecule has 0 saturated heterocycles. The van der Waals surface area contributed by atoms with Gasteiger partial charge in [-0.15, -0.1) is 0 Å². The van der Waals surface area contributed by atoms with Crippen LogP contribution in [0.3, 0.4) is 0 Å². The maximum atomic E-state index is 13.5. The van der Waals surface area contributed by atoms with E-state index in [2.05, 4.69) is 23.7 Å². The summed E-state index contributed by atoms with van der Waals surface area (Å²) in [6, 6.07) is 18.0. The van der Waals surface area contributed by atoms with Gasteiger partial charge in [-0.1, -0.05) is 13.8 Å². The summed E-state index contributed by atoms with van der Waals surface area (Å²) in [7, 11) is 0. The first-order chi connectivity index (χ1) is 15.9. The number of rotatable bonds is 10. The standard InChI is InChI=1S/C27H32FN3O2/c1-4-18-30(19-5-2)27(33)17-15-25-14-16-26(21-6-8-22(28)9-7-21)31(25)24-12-10-23(11-13-24)29-20(3)32/h6-14,16H,4-5,15,17-19H2,1-3H3,(H,29,32). The quantitative estimate of drug-likeness (QED) is 0.424. The molecule has 3 aromatic rings. The maximum absolute atomic E-state index is 13.5. The van der Waals surface area contributed by atoms with E-state index >= 15 is 0 Å². The topological polar surface area (TPSA) is 54.3 Å². The Morgan fingerprint density at radius 1 is 0.909 bits per heavy atom. The summed E-state index contributed by atoms with van der Waals surface area (Å²) < 4.78 is 15.6. The van der Waals surface area contributed by atoms with Crippen molar-refractivity contribution in [3.8, 4) is 16.9 Å². The average Bonchev–Trinajstić information content (AvgIpc) is 3.22. The third-order valence-corrected chi connectivity index (χ3v) is 5.48. The van der Waals surface area contributed by atoms with E-state index in [1.54, 1.807) is 12.1 Å². The van der Waals surface area contributed by atoms with Crippen LogP contribution in [0.25, 0.3) is 16.9 Å². The minimum atomic E-state index is -0.283. The number of hydrogen-bond donors (Lipinski definition) is 1. The number of anilines is 1. The maximum Gasteiger partial charge on any atom is 0.222 e. The van der Waals surface area contributed by atoms with Gasteiger partial charge in [-0.05, 0) is 85.5 Å². The molecule has 5 nitrogen and oxygen atoms in total. The van der Waals surface area contributed by atoms with Gasteiger partial charge in [-0.2, -0.15) is 0 Å². The number of halogens is 1. The predicted molar refractivity (Wildman–Crippen MR) is 131 cm³/mol. The lowest BCUT2D eigenvalue weighted by Gasteiger charge is -2.22. The summed E-state index contributed by atoms with van der Waals surface area (Å²) in [4.78, 5) is 26.1. The van der Waals surface area contributed by atoms with Crippen molar-refractivity contribution in [3.05, 3.63) is 72.2 Å². The monoisotopic (exact) mass is 449 g/mol. The van der Waals surface area contributed by atoms with E-state index < -0.39 is 0 Å².